The number of rotatable bonds is 8. The predicted molar refractivity (Wildman–Crippen MR) is 106 cm³/mol. The van der Waals surface area contributed by atoms with E-state index in [1.54, 1.807) is 37.4 Å². The molecule has 1 atom stereocenters. The lowest BCUT2D eigenvalue weighted by molar-refractivity contribution is 0.0429. The van der Waals surface area contributed by atoms with Crippen molar-refractivity contribution >= 4 is 5.97 Å². The highest BCUT2D eigenvalue weighted by atomic mass is 16.6. The molecule has 1 fully saturated rings. The fraction of sp³-hybridized carbons (Fsp3) is 0.318. The first-order valence-electron chi connectivity index (χ1n) is 9.70. The van der Waals surface area contributed by atoms with Gasteiger partial charge in [0.1, 0.15) is 18.1 Å². The molecular weight excluding hydrogens is 388 g/mol. The number of nitrogens with zero attached hydrogens (tertiary/aromatic N) is 2. The Hall–Kier alpha value is -3.39. The van der Waals surface area contributed by atoms with Crippen molar-refractivity contribution in [1.29, 1.82) is 0 Å². The number of ether oxygens (including phenoxy) is 4. The Balaban J connectivity index is 1.31. The minimum absolute atomic E-state index is 0.127. The predicted octanol–water partition coefficient (Wildman–Crippen LogP) is 3.66. The Kier molecular flexibility index (Phi) is 6.24. The van der Waals surface area contributed by atoms with Crippen LogP contribution in [-0.2, 0) is 16.1 Å². The van der Waals surface area contributed by atoms with Crippen LogP contribution in [0.3, 0.4) is 0 Å². The van der Waals surface area contributed by atoms with Gasteiger partial charge in [0.05, 0.1) is 24.3 Å². The van der Waals surface area contributed by atoms with Crippen LogP contribution >= 0.6 is 0 Å². The number of para-hydroxylation sites is 1. The van der Waals surface area contributed by atoms with Crippen LogP contribution in [0, 0.1) is 0 Å². The minimum Gasteiger partial charge on any atom is -0.496 e. The van der Waals surface area contributed by atoms with Crippen LogP contribution in [0.4, 0.5) is 0 Å². The highest BCUT2D eigenvalue weighted by Gasteiger charge is 2.17. The van der Waals surface area contributed by atoms with Gasteiger partial charge in [-0.05, 0) is 49.2 Å². The highest BCUT2D eigenvalue weighted by Crippen LogP contribution is 2.27. The second-order valence-electron chi connectivity index (χ2n) is 6.76. The summed E-state index contributed by atoms with van der Waals surface area (Å²) in [5.41, 5.74) is 1.10. The summed E-state index contributed by atoms with van der Waals surface area (Å²) in [6, 6.07) is 14.1. The molecule has 8 heteroatoms. The zero-order valence-electron chi connectivity index (χ0n) is 16.6. The third-order valence-corrected chi connectivity index (χ3v) is 4.69. The van der Waals surface area contributed by atoms with Crippen LogP contribution in [-0.4, -0.2) is 42.5 Å². The number of hydrogen-bond acceptors (Lipinski definition) is 8. The Morgan fingerprint density at radius 3 is 2.77 bits per heavy atom. The normalized spacial score (nSPS) is 15.7. The standard InChI is InChI=1S/C22H22N2O6/c1-26-19-7-3-2-6-18(19)21-23-20(30-24-21)14-29-22(25)15-8-10-16(11-9-15)28-13-17-5-4-12-27-17/h2-3,6-11,17H,4-5,12-14H2,1H3/t17-/m0/s1. The zero-order valence-corrected chi connectivity index (χ0v) is 16.6. The molecule has 0 spiro atoms. The van der Waals surface area contributed by atoms with E-state index in [-0.39, 0.29) is 18.6 Å². The lowest BCUT2D eigenvalue weighted by Crippen LogP contribution is -2.16. The lowest BCUT2D eigenvalue weighted by Gasteiger charge is -2.11. The Morgan fingerprint density at radius 1 is 1.17 bits per heavy atom. The molecule has 1 saturated heterocycles. The third kappa shape index (κ3) is 4.77. The van der Waals surface area contributed by atoms with Crippen molar-refractivity contribution in [2.75, 3.05) is 20.3 Å². The number of benzene rings is 2. The number of esters is 1. The molecule has 156 valence electrons. The monoisotopic (exact) mass is 410 g/mol. The van der Waals surface area contributed by atoms with E-state index in [0.29, 0.717) is 35.1 Å². The Morgan fingerprint density at radius 2 is 2.00 bits per heavy atom. The number of carbonyl (C=O) groups is 1. The average molecular weight is 410 g/mol. The Bertz CT molecular complexity index is 979. The SMILES string of the molecule is COc1ccccc1-c1noc(COC(=O)c2ccc(OC[C@@H]3CCCO3)cc2)n1. The van der Waals surface area contributed by atoms with Gasteiger partial charge in [-0.25, -0.2) is 4.79 Å². The van der Waals surface area contributed by atoms with Gasteiger partial charge in [0.15, 0.2) is 6.61 Å². The second kappa shape index (κ2) is 9.41. The van der Waals surface area contributed by atoms with Gasteiger partial charge in [0, 0.05) is 6.61 Å². The summed E-state index contributed by atoms with van der Waals surface area (Å²) in [7, 11) is 1.57. The van der Waals surface area contributed by atoms with Gasteiger partial charge >= 0.3 is 5.97 Å². The van der Waals surface area contributed by atoms with Crippen LogP contribution in [0.15, 0.2) is 53.1 Å². The summed E-state index contributed by atoms with van der Waals surface area (Å²) < 4.78 is 27.0. The molecule has 0 aliphatic carbocycles. The summed E-state index contributed by atoms with van der Waals surface area (Å²) >= 11 is 0. The van der Waals surface area contributed by atoms with Gasteiger partial charge in [-0.15, -0.1) is 0 Å². The van der Waals surface area contributed by atoms with Gasteiger partial charge in [0.25, 0.3) is 5.89 Å². The molecule has 0 radical (unpaired) electrons. The summed E-state index contributed by atoms with van der Waals surface area (Å²) in [5, 5.41) is 3.93. The zero-order chi connectivity index (χ0) is 20.8. The highest BCUT2D eigenvalue weighted by molar-refractivity contribution is 5.89. The maximum Gasteiger partial charge on any atom is 0.338 e. The third-order valence-electron chi connectivity index (χ3n) is 4.69. The van der Waals surface area contributed by atoms with Gasteiger partial charge in [-0.2, -0.15) is 4.98 Å². The second-order valence-corrected chi connectivity index (χ2v) is 6.76. The molecule has 1 aliphatic rings. The molecule has 2 aromatic carbocycles. The van der Waals surface area contributed by atoms with Crippen LogP contribution in [0.2, 0.25) is 0 Å². The van der Waals surface area contributed by atoms with E-state index in [0.717, 1.165) is 19.4 Å². The molecule has 0 unspecified atom stereocenters. The van der Waals surface area contributed by atoms with E-state index in [4.69, 9.17) is 23.5 Å². The molecule has 30 heavy (non-hydrogen) atoms. The van der Waals surface area contributed by atoms with E-state index < -0.39 is 5.97 Å². The smallest absolute Gasteiger partial charge is 0.338 e. The topological polar surface area (TPSA) is 92.9 Å². The molecule has 0 saturated carbocycles. The van der Waals surface area contributed by atoms with Crippen molar-refractivity contribution in [2.24, 2.45) is 0 Å². The van der Waals surface area contributed by atoms with E-state index in [1.165, 1.54) is 0 Å². The molecular formula is C22H22N2O6. The summed E-state index contributed by atoms with van der Waals surface area (Å²) in [6.45, 7) is 1.17. The van der Waals surface area contributed by atoms with Crippen molar-refractivity contribution in [3.8, 4) is 22.9 Å². The average Bonchev–Trinajstić information content (AvgIpc) is 3.48. The van der Waals surface area contributed by atoms with E-state index in [1.807, 2.05) is 18.2 Å². The maximum absolute atomic E-state index is 12.3. The van der Waals surface area contributed by atoms with E-state index in [2.05, 4.69) is 10.1 Å². The van der Waals surface area contributed by atoms with Gasteiger partial charge < -0.3 is 23.5 Å². The van der Waals surface area contributed by atoms with E-state index >= 15 is 0 Å². The quantitative estimate of drug-likeness (QED) is 0.520. The minimum atomic E-state index is -0.488. The van der Waals surface area contributed by atoms with Crippen molar-refractivity contribution in [3.63, 3.8) is 0 Å². The first kappa shape index (κ1) is 19.9. The Labute approximate surface area is 173 Å². The van der Waals surface area contributed by atoms with Crippen LogP contribution < -0.4 is 9.47 Å². The molecule has 3 aromatic rings. The van der Waals surface area contributed by atoms with Crippen molar-refractivity contribution in [1.82, 2.24) is 10.1 Å². The first-order chi connectivity index (χ1) is 14.7. The van der Waals surface area contributed by atoms with Crippen molar-refractivity contribution < 1.29 is 28.3 Å². The molecule has 0 bridgehead atoms. The molecule has 0 N–H and O–H groups in total. The van der Waals surface area contributed by atoms with E-state index in [9.17, 15) is 4.79 Å². The van der Waals surface area contributed by atoms with Gasteiger partial charge in [0.2, 0.25) is 5.82 Å². The lowest BCUT2D eigenvalue weighted by atomic mass is 10.2. The molecule has 8 nitrogen and oxygen atoms in total. The molecule has 2 heterocycles. The van der Waals surface area contributed by atoms with Crippen LogP contribution in [0.25, 0.3) is 11.4 Å². The fourth-order valence-corrected chi connectivity index (χ4v) is 3.12. The first-order valence-corrected chi connectivity index (χ1v) is 9.70. The van der Waals surface area contributed by atoms with Crippen molar-refractivity contribution in [3.05, 3.63) is 60.0 Å². The molecule has 1 aliphatic heterocycles. The largest absolute Gasteiger partial charge is 0.496 e. The number of methoxy groups -OCH3 is 1. The number of aromatic nitrogens is 2. The maximum atomic E-state index is 12.3. The van der Waals surface area contributed by atoms with Crippen LogP contribution in [0.5, 0.6) is 11.5 Å². The number of hydrogen-bond donors (Lipinski definition) is 0. The fourth-order valence-electron chi connectivity index (χ4n) is 3.12. The molecule has 0 amide bonds. The molecule has 4 rings (SSSR count). The summed E-state index contributed by atoms with van der Waals surface area (Å²) in [4.78, 5) is 16.5. The van der Waals surface area contributed by atoms with Crippen LogP contribution in [0.1, 0.15) is 29.1 Å². The van der Waals surface area contributed by atoms with Crippen molar-refractivity contribution in [2.45, 2.75) is 25.6 Å². The summed E-state index contributed by atoms with van der Waals surface area (Å²) in [6.07, 6.45) is 2.22. The van der Waals surface area contributed by atoms with Gasteiger partial charge in [-0.1, -0.05) is 17.3 Å². The summed E-state index contributed by atoms with van der Waals surface area (Å²) in [5.74, 6) is 1.38. The van der Waals surface area contributed by atoms with Gasteiger partial charge in [-0.3, -0.25) is 0 Å². The number of carbonyl (C=O) groups excluding carboxylic acids is 1. The molecule has 1 aromatic heterocycles.